The molecule has 1 aliphatic carbocycles. The molecule has 166 valence electrons. The second-order valence-corrected chi connectivity index (χ2v) is 8.33. The van der Waals surface area contributed by atoms with E-state index in [4.69, 9.17) is 0 Å². The minimum Gasteiger partial charge on any atom is -0.353 e. The molecular formula is C24H24N8O. The highest BCUT2D eigenvalue weighted by molar-refractivity contribution is 6.04. The van der Waals surface area contributed by atoms with Crippen LogP contribution in [0.25, 0.3) is 11.5 Å². The first kappa shape index (κ1) is 20.7. The quantitative estimate of drug-likeness (QED) is 0.432. The highest BCUT2D eigenvalue weighted by atomic mass is 16.1. The summed E-state index contributed by atoms with van der Waals surface area (Å²) >= 11 is 0. The van der Waals surface area contributed by atoms with E-state index >= 15 is 0 Å². The van der Waals surface area contributed by atoms with Crippen LogP contribution in [0.2, 0.25) is 0 Å². The van der Waals surface area contributed by atoms with E-state index in [0.29, 0.717) is 28.8 Å². The molecule has 1 aromatic carbocycles. The lowest BCUT2D eigenvalue weighted by Crippen LogP contribution is -2.13. The van der Waals surface area contributed by atoms with E-state index in [0.717, 1.165) is 17.2 Å². The van der Waals surface area contributed by atoms with Crippen molar-refractivity contribution in [1.29, 1.82) is 0 Å². The predicted octanol–water partition coefficient (Wildman–Crippen LogP) is 4.58. The summed E-state index contributed by atoms with van der Waals surface area (Å²) in [6.07, 6.45) is 7.56. The van der Waals surface area contributed by atoms with Gasteiger partial charge in [-0.15, -0.1) is 10.2 Å². The standard InChI is InChI=1S/C24H24N8O/c1-15(2)32-14-27-31-23(32)20-7-4-8-21(29-20)30-24(33)17-5-3-6-18(11-17)28-19-12-25-22(26-13-19)16-9-10-16/h3-8,11-16,28H,9-10H2,1-2H3,(H,29,30,33). The zero-order valence-electron chi connectivity index (χ0n) is 18.4. The summed E-state index contributed by atoms with van der Waals surface area (Å²) in [6, 6.07) is 12.9. The van der Waals surface area contributed by atoms with E-state index in [1.165, 1.54) is 12.8 Å². The first-order valence-electron chi connectivity index (χ1n) is 10.9. The van der Waals surface area contributed by atoms with Gasteiger partial charge in [0.2, 0.25) is 0 Å². The number of carbonyl (C=O) groups is 1. The third-order valence-corrected chi connectivity index (χ3v) is 5.38. The molecule has 0 bridgehead atoms. The second-order valence-electron chi connectivity index (χ2n) is 8.33. The van der Waals surface area contributed by atoms with Gasteiger partial charge in [0.05, 0.1) is 18.1 Å². The third kappa shape index (κ3) is 4.72. The van der Waals surface area contributed by atoms with Crippen LogP contribution in [0.5, 0.6) is 0 Å². The van der Waals surface area contributed by atoms with Crippen LogP contribution in [0.3, 0.4) is 0 Å². The summed E-state index contributed by atoms with van der Waals surface area (Å²) < 4.78 is 1.93. The molecule has 9 heteroatoms. The summed E-state index contributed by atoms with van der Waals surface area (Å²) in [5.74, 6) is 2.25. The minimum atomic E-state index is -0.256. The van der Waals surface area contributed by atoms with Gasteiger partial charge in [-0.1, -0.05) is 12.1 Å². The molecule has 1 saturated carbocycles. The van der Waals surface area contributed by atoms with Gasteiger partial charge in [-0.3, -0.25) is 4.79 Å². The molecule has 3 heterocycles. The van der Waals surface area contributed by atoms with Crippen molar-refractivity contribution in [3.63, 3.8) is 0 Å². The average molecular weight is 441 g/mol. The number of hydrogen-bond donors (Lipinski definition) is 2. The molecule has 0 unspecified atom stereocenters. The Morgan fingerprint density at radius 2 is 1.85 bits per heavy atom. The molecule has 3 aromatic heterocycles. The lowest BCUT2D eigenvalue weighted by Gasteiger charge is -2.11. The second kappa shape index (κ2) is 8.78. The van der Waals surface area contributed by atoms with Gasteiger partial charge in [0.25, 0.3) is 5.91 Å². The summed E-state index contributed by atoms with van der Waals surface area (Å²) in [5, 5.41) is 14.3. The Morgan fingerprint density at radius 1 is 1.06 bits per heavy atom. The Bertz CT molecular complexity index is 1280. The van der Waals surface area contributed by atoms with E-state index in [2.05, 4.69) is 35.8 Å². The van der Waals surface area contributed by atoms with Crippen molar-refractivity contribution in [2.75, 3.05) is 10.6 Å². The van der Waals surface area contributed by atoms with E-state index in [1.807, 2.05) is 42.7 Å². The Kier molecular flexibility index (Phi) is 5.52. The van der Waals surface area contributed by atoms with Gasteiger partial charge in [-0.05, 0) is 57.0 Å². The van der Waals surface area contributed by atoms with Crippen LogP contribution in [0.4, 0.5) is 17.2 Å². The van der Waals surface area contributed by atoms with Crippen LogP contribution in [-0.4, -0.2) is 35.6 Å². The number of aromatic nitrogens is 6. The summed E-state index contributed by atoms with van der Waals surface area (Å²) in [5.41, 5.74) is 2.70. The van der Waals surface area contributed by atoms with Crippen molar-refractivity contribution in [3.8, 4) is 11.5 Å². The Hall–Kier alpha value is -4.14. The number of nitrogens with one attached hydrogen (secondary N) is 2. The molecule has 2 N–H and O–H groups in total. The maximum atomic E-state index is 12.9. The van der Waals surface area contributed by atoms with Crippen LogP contribution >= 0.6 is 0 Å². The molecule has 0 aliphatic heterocycles. The monoisotopic (exact) mass is 440 g/mol. The van der Waals surface area contributed by atoms with Crippen molar-refractivity contribution < 1.29 is 4.79 Å². The molecule has 4 aromatic rings. The lowest BCUT2D eigenvalue weighted by molar-refractivity contribution is 0.102. The van der Waals surface area contributed by atoms with Crippen LogP contribution in [0.15, 0.2) is 61.2 Å². The molecule has 0 saturated heterocycles. The van der Waals surface area contributed by atoms with Gasteiger partial charge < -0.3 is 15.2 Å². The molecule has 1 amide bonds. The lowest BCUT2D eigenvalue weighted by atomic mass is 10.2. The zero-order valence-corrected chi connectivity index (χ0v) is 18.4. The van der Waals surface area contributed by atoms with Gasteiger partial charge in [-0.2, -0.15) is 0 Å². The smallest absolute Gasteiger partial charge is 0.256 e. The highest BCUT2D eigenvalue weighted by Crippen LogP contribution is 2.37. The first-order chi connectivity index (χ1) is 16.1. The van der Waals surface area contributed by atoms with Crippen LogP contribution in [0, 0.1) is 0 Å². The largest absolute Gasteiger partial charge is 0.353 e. The number of carbonyl (C=O) groups excluding carboxylic acids is 1. The summed E-state index contributed by atoms with van der Waals surface area (Å²) in [7, 11) is 0. The molecule has 0 atom stereocenters. The van der Waals surface area contributed by atoms with Gasteiger partial charge in [0.15, 0.2) is 5.82 Å². The maximum absolute atomic E-state index is 12.9. The summed E-state index contributed by atoms with van der Waals surface area (Å²) in [6.45, 7) is 4.10. The number of rotatable bonds is 7. The highest BCUT2D eigenvalue weighted by Gasteiger charge is 2.26. The fourth-order valence-corrected chi connectivity index (χ4v) is 3.48. The van der Waals surface area contributed by atoms with Crippen LogP contribution in [0.1, 0.15) is 54.8 Å². The van der Waals surface area contributed by atoms with Crippen LogP contribution in [-0.2, 0) is 0 Å². The number of anilines is 3. The van der Waals surface area contributed by atoms with E-state index in [9.17, 15) is 4.79 Å². The fraction of sp³-hybridized carbons (Fsp3) is 0.250. The van der Waals surface area contributed by atoms with Crippen molar-refractivity contribution in [2.45, 2.75) is 38.6 Å². The van der Waals surface area contributed by atoms with Crippen molar-refractivity contribution >= 4 is 23.1 Å². The fourth-order valence-electron chi connectivity index (χ4n) is 3.48. The van der Waals surface area contributed by atoms with Gasteiger partial charge >= 0.3 is 0 Å². The molecule has 33 heavy (non-hydrogen) atoms. The van der Waals surface area contributed by atoms with Gasteiger partial charge in [-0.25, -0.2) is 15.0 Å². The maximum Gasteiger partial charge on any atom is 0.256 e. The zero-order chi connectivity index (χ0) is 22.8. The predicted molar refractivity (Wildman–Crippen MR) is 125 cm³/mol. The number of amides is 1. The molecule has 0 spiro atoms. The molecule has 1 aliphatic rings. The third-order valence-electron chi connectivity index (χ3n) is 5.38. The van der Waals surface area contributed by atoms with E-state index < -0.39 is 0 Å². The van der Waals surface area contributed by atoms with Crippen LogP contribution < -0.4 is 10.6 Å². The SMILES string of the molecule is CC(C)n1cnnc1-c1cccc(NC(=O)c2cccc(Nc3cnc(C4CC4)nc3)c2)n1. The van der Waals surface area contributed by atoms with Crippen molar-refractivity contribution in [2.24, 2.45) is 0 Å². The average Bonchev–Trinajstić information content (AvgIpc) is 3.55. The Balaban J connectivity index is 1.29. The van der Waals surface area contributed by atoms with Gasteiger partial charge in [0.1, 0.15) is 23.7 Å². The van der Waals surface area contributed by atoms with Crippen molar-refractivity contribution in [1.82, 2.24) is 29.7 Å². The number of pyridine rings is 1. The van der Waals surface area contributed by atoms with E-state index in [-0.39, 0.29) is 11.9 Å². The number of benzene rings is 1. The molecule has 5 rings (SSSR count). The summed E-state index contributed by atoms with van der Waals surface area (Å²) in [4.78, 5) is 26.3. The molecule has 0 radical (unpaired) electrons. The number of hydrogen-bond acceptors (Lipinski definition) is 7. The van der Waals surface area contributed by atoms with Gasteiger partial charge in [0, 0.05) is 23.2 Å². The molecule has 1 fully saturated rings. The number of nitrogens with zero attached hydrogens (tertiary/aromatic N) is 6. The Labute approximate surface area is 191 Å². The van der Waals surface area contributed by atoms with Crippen molar-refractivity contribution in [3.05, 3.63) is 72.6 Å². The normalized spacial score (nSPS) is 13.2. The molecule has 9 nitrogen and oxygen atoms in total. The Morgan fingerprint density at radius 3 is 2.61 bits per heavy atom. The first-order valence-corrected chi connectivity index (χ1v) is 10.9. The topological polar surface area (TPSA) is 111 Å². The molecular weight excluding hydrogens is 416 g/mol. The van der Waals surface area contributed by atoms with E-state index in [1.54, 1.807) is 36.9 Å². The minimum absolute atomic E-state index is 0.195.